The Morgan fingerprint density at radius 3 is 2.47 bits per heavy atom. The number of nitrogens with zero attached hydrogens (tertiary/aromatic N) is 3. The van der Waals surface area contributed by atoms with Crippen LogP contribution in [0.4, 0.5) is 0 Å². The monoisotopic (exact) mass is 447 g/mol. The molecule has 1 aromatic heterocycles. The van der Waals surface area contributed by atoms with Crippen molar-refractivity contribution in [3.8, 4) is 17.1 Å². The minimum atomic E-state index is -0.155. The Kier molecular flexibility index (Phi) is 6.52. The Balaban J connectivity index is 1.35. The van der Waals surface area contributed by atoms with Crippen LogP contribution in [-0.4, -0.2) is 28.0 Å². The lowest BCUT2D eigenvalue weighted by Gasteiger charge is -2.15. The first kappa shape index (κ1) is 21.6. The fraction of sp³-hybridized carbons (Fsp3) is 0.160. The molecule has 1 amide bonds. The summed E-state index contributed by atoms with van der Waals surface area (Å²) in [5.74, 6) is 1.37. The van der Waals surface area contributed by atoms with Gasteiger partial charge in [0.1, 0.15) is 12.4 Å². The summed E-state index contributed by atoms with van der Waals surface area (Å²) in [6.45, 7) is 2.58. The zero-order valence-corrected chi connectivity index (χ0v) is 18.5. The SMILES string of the molecule is Cc1ccc(-c2noc(CN(C)C(=O)c3ccc(OCc4ccccc4Cl)cc3)n2)cc1. The third-order valence-electron chi connectivity index (χ3n) is 4.95. The van der Waals surface area contributed by atoms with Gasteiger partial charge in [0.2, 0.25) is 11.7 Å². The predicted octanol–water partition coefficient (Wildman–Crippen LogP) is 5.55. The van der Waals surface area contributed by atoms with Crippen LogP contribution in [-0.2, 0) is 13.2 Å². The zero-order chi connectivity index (χ0) is 22.5. The van der Waals surface area contributed by atoms with Crippen LogP contribution in [0.1, 0.15) is 27.4 Å². The van der Waals surface area contributed by atoms with E-state index in [1.54, 1.807) is 31.3 Å². The molecule has 0 aliphatic heterocycles. The molecule has 162 valence electrons. The average molecular weight is 448 g/mol. The van der Waals surface area contributed by atoms with Crippen LogP contribution in [0, 0.1) is 6.92 Å². The molecule has 4 rings (SSSR count). The van der Waals surface area contributed by atoms with Crippen LogP contribution < -0.4 is 4.74 Å². The number of hydrogen-bond donors (Lipinski definition) is 0. The predicted molar refractivity (Wildman–Crippen MR) is 122 cm³/mol. The molecule has 1 heterocycles. The Morgan fingerprint density at radius 1 is 1.03 bits per heavy atom. The van der Waals surface area contributed by atoms with E-state index in [0.717, 1.165) is 16.7 Å². The number of ether oxygens (including phenoxy) is 1. The molecule has 32 heavy (non-hydrogen) atoms. The Bertz CT molecular complexity index is 1200. The number of aryl methyl sites for hydroxylation is 1. The van der Waals surface area contributed by atoms with E-state index in [-0.39, 0.29) is 12.5 Å². The normalized spacial score (nSPS) is 10.7. The highest BCUT2D eigenvalue weighted by molar-refractivity contribution is 6.31. The van der Waals surface area contributed by atoms with Crippen molar-refractivity contribution in [1.29, 1.82) is 0 Å². The molecule has 6 nitrogen and oxygen atoms in total. The molecule has 0 aliphatic rings. The van der Waals surface area contributed by atoms with Crippen molar-refractivity contribution >= 4 is 17.5 Å². The molecule has 0 saturated carbocycles. The van der Waals surface area contributed by atoms with Crippen LogP contribution in [0.5, 0.6) is 5.75 Å². The number of hydrogen-bond acceptors (Lipinski definition) is 5. The fourth-order valence-electron chi connectivity index (χ4n) is 3.10. The van der Waals surface area contributed by atoms with Crippen molar-refractivity contribution in [2.75, 3.05) is 7.05 Å². The molecule has 0 unspecified atom stereocenters. The van der Waals surface area contributed by atoms with Gasteiger partial charge in [-0.25, -0.2) is 0 Å². The topological polar surface area (TPSA) is 68.5 Å². The van der Waals surface area contributed by atoms with Crippen molar-refractivity contribution in [1.82, 2.24) is 15.0 Å². The molecule has 3 aromatic carbocycles. The van der Waals surface area contributed by atoms with Crippen molar-refractivity contribution in [2.45, 2.75) is 20.1 Å². The quantitative estimate of drug-likeness (QED) is 0.371. The maximum Gasteiger partial charge on any atom is 0.254 e. The maximum absolute atomic E-state index is 12.8. The Morgan fingerprint density at radius 2 is 1.75 bits per heavy atom. The summed E-state index contributed by atoms with van der Waals surface area (Å²) < 4.78 is 11.1. The van der Waals surface area contributed by atoms with Gasteiger partial charge in [0.25, 0.3) is 5.91 Å². The lowest BCUT2D eigenvalue weighted by Crippen LogP contribution is -2.26. The first-order valence-corrected chi connectivity index (χ1v) is 10.5. The second kappa shape index (κ2) is 9.66. The van der Waals surface area contributed by atoms with Crippen LogP contribution in [0.3, 0.4) is 0 Å². The number of aromatic nitrogens is 2. The summed E-state index contributed by atoms with van der Waals surface area (Å²) in [6.07, 6.45) is 0. The number of halogens is 1. The fourth-order valence-corrected chi connectivity index (χ4v) is 3.29. The zero-order valence-electron chi connectivity index (χ0n) is 17.8. The Labute approximate surface area is 191 Å². The van der Waals surface area contributed by atoms with E-state index in [1.807, 2.05) is 55.5 Å². The maximum atomic E-state index is 12.8. The van der Waals surface area contributed by atoms with Gasteiger partial charge in [-0.15, -0.1) is 0 Å². The molecular weight excluding hydrogens is 426 g/mol. The van der Waals surface area contributed by atoms with Crippen molar-refractivity contribution in [3.63, 3.8) is 0 Å². The summed E-state index contributed by atoms with van der Waals surface area (Å²) in [5.41, 5.74) is 3.46. The van der Waals surface area contributed by atoms with Gasteiger partial charge in [0.15, 0.2) is 0 Å². The highest BCUT2D eigenvalue weighted by Gasteiger charge is 2.16. The Hall–Kier alpha value is -3.64. The summed E-state index contributed by atoms with van der Waals surface area (Å²) in [5, 5.41) is 4.67. The summed E-state index contributed by atoms with van der Waals surface area (Å²) >= 11 is 6.15. The summed E-state index contributed by atoms with van der Waals surface area (Å²) in [4.78, 5) is 18.7. The molecule has 0 aliphatic carbocycles. The number of carbonyl (C=O) groups is 1. The van der Waals surface area contributed by atoms with E-state index in [4.69, 9.17) is 20.9 Å². The van der Waals surface area contributed by atoms with Crippen LogP contribution in [0.2, 0.25) is 5.02 Å². The van der Waals surface area contributed by atoms with Gasteiger partial charge in [-0.3, -0.25) is 4.79 Å². The number of carbonyl (C=O) groups excluding carboxylic acids is 1. The van der Waals surface area contributed by atoms with Gasteiger partial charge in [-0.2, -0.15) is 4.98 Å². The largest absolute Gasteiger partial charge is 0.489 e. The van der Waals surface area contributed by atoms with E-state index in [1.165, 1.54) is 4.90 Å². The lowest BCUT2D eigenvalue weighted by molar-refractivity contribution is 0.0769. The number of rotatable bonds is 7. The van der Waals surface area contributed by atoms with Gasteiger partial charge in [0, 0.05) is 28.8 Å². The van der Waals surface area contributed by atoms with E-state index >= 15 is 0 Å². The van der Waals surface area contributed by atoms with Crippen LogP contribution in [0.25, 0.3) is 11.4 Å². The second-order valence-electron chi connectivity index (χ2n) is 7.44. The first-order valence-electron chi connectivity index (χ1n) is 10.1. The highest BCUT2D eigenvalue weighted by Crippen LogP contribution is 2.20. The molecule has 0 radical (unpaired) electrons. The van der Waals surface area contributed by atoms with Gasteiger partial charge in [0.05, 0.1) is 6.54 Å². The van der Waals surface area contributed by atoms with Crippen molar-refractivity contribution < 1.29 is 14.1 Å². The van der Waals surface area contributed by atoms with Crippen LogP contribution >= 0.6 is 11.6 Å². The average Bonchev–Trinajstić information content (AvgIpc) is 3.27. The van der Waals surface area contributed by atoms with Crippen molar-refractivity contribution in [2.24, 2.45) is 0 Å². The minimum absolute atomic E-state index is 0.155. The first-order chi connectivity index (χ1) is 15.5. The van der Waals surface area contributed by atoms with Gasteiger partial charge in [-0.1, -0.05) is 64.8 Å². The molecular formula is C25H22ClN3O3. The molecule has 0 fully saturated rings. The molecule has 0 atom stereocenters. The second-order valence-corrected chi connectivity index (χ2v) is 7.85. The molecule has 7 heteroatoms. The molecule has 4 aromatic rings. The summed E-state index contributed by atoms with van der Waals surface area (Å²) in [7, 11) is 1.69. The van der Waals surface area contributed by atoms with E-state index in [9.17, 15) is 4.79 Å². The number of amides is 1. The van der Waals surface area contributed by atoms with Crippen LogP contribution in [0.15, 0.2) is 77.3 Å². The van der Waals surface area contributed by atoms with E-state index in [0.29, 0.717) is 34.7 Å². The smallest absolute Gasteiger partial charge is 0.254 e. The number of benzene rings is 3. The van der Waals surface area contributed by atoms with Gasteiger partial charge in [-0.05, 0) is 37.3 Å². The highest BCUT2D eigenvalue weighted by atomic mass is 35.5. The van der Waals surface area contributed by atoms with Gasteiger partial charge < -0.3 is 14.2 Å². The molecule has 0 bridgehead atoms. The molecule has 0 N–H and O–H groups in total. The third-order valence-corrected chi connectivity index (χ3v) is 5.32. The molecule has 0 spiro atoms. The van der Waals surface area contributed by atoms with E-state index < -0.39 is 0 Å². The molecule has 0 saturated heterocycles. The van der Waals surface area contributed by atoms with Gasteiger partial charge >= 0.3 is 0 Å². The summed E-state index contributed by atoms with van der Waals surface area (Å²) in [6, 6.07) is 22.4. The van der Waals surface area contributed by atoms with E-state index in [2.05, 4.69) is 10.1 Å². The minimum Gasteiger partial charge on any atom is -0.489 e. The lowest BCUT2D eigenvalue weighted by atomic mass is 10.1. The standard InChI is InChI=1S/C25H22ClN3O3/c1-17-7-9-18(10-8-17)24-27-23(32-28-24)15-29(2)25(30)19-11-13-21(14-12-19)31-16-20-5-3-4-6-22(20)26/h3-14H,15-16H2,1-2H3. The van der Waals surface area contributed by atoms with Crippen molar-refractivity contribution in [3.05, 3.63) is 100 Å². The third kappa shape index (κ3) is 5.15.